The highest BCUT2D eigenvalue weighted by molar-refractivity contribution is 6.99. The van der Waals surface area contributed by atoms with Crippen LogP contribution in [0.15, 0.2) is 60.7 Å². The Morgan fingerprint density at radius 1 is 0.964 bits per heavy atom. The quantitative estimate of drug-likeness (QED) is 0.570. The molecule has 0 N–H and O–H groups in total. The van der Waals surface area contributed by atoms with Crippen molar-refractivity contribution in [3.63, 3.8) is 0 Å². The number of carbonyl (C=O) groups excluding carboxylic acids is 1. The van der Waals surface area contributed by atoms with Gasteiger partial charge in [-0.05, 0) is 34.2 Å². The van der Waals surface area contributed by atoms with Crippen molar-refractivity contribution in [1.29, 1.82) is 0 Å². The smallest absolute Gasteiger partial charge is 0.306 e. The summed E-state index contributed by atoms with van der Waals surface area (Å²) in [7, 11) is -2.47. The molecule has 148 valence electrons. The van der Waals surface area contributed by atoms with Gasteiger partial charge in [-0.1, -0.05) is 81.4 Å². The predicted molar refractivity (Wildman–Crippen MR) is 114 cm³/mol. The minimum absolute atomic E-state index is 0.00333. The van der Waals surface area contributed by atoms with Gasteiger partial charge in [-0.3, -0.25) is 4.79 Å². The number of hydrogen-bond donors (Lipinski definition) is 0. The molecule has 1 saturated heterocycles. The first-order valence-electron chi connectivity index (χ1n) is 10.3. The zero-order valence-corrected chi connectivity index (χ0v) is 18.1. The lowest BCUT2D eigenvalue weighted by Gasteiger charge is -2.43. The molecule has 28 heavy (non-hydrogen) atoms. The molecule has 4 rings (SSSR count). The van der Waals surface area contributed by atoms with E-state index in [1.54, 1.807) is 0 Å². The van der Waals surface area contributed by atoms with E-state index >= 15 is 0 Å². The predicted octanol–water partition coefficient (Wildman–Crippen LogP) is 3.90. The molecule has 2 fully saturated rings. The molecule has 1 aliphatic heterocycles. The van der Waals surface area contributed by atoms with E-state index in [0.717, 1.165) is 19.4 Å². The first kappa shape index (κ1) is 19.4. The van der Waals surface area contributed by atoms with Gasteiger partial charge in [-0.2, -0.15) is 0 Å². The van der Waals surface area contributed by atoms with E-state index in [0.29, 0.717) is 18.3 Å². The van der Waals surface area contributed by atoms with Crippen molar-refractivity contribution in [2.75, 3.05) is 6.61 Å². The number of fused-ring (bicyclic) bond motifs is 1. The molecule has 1 heterocycles. The summed E-state index contributed by atoms with van der Waals surface area (Å²) in [5.41, 5.74) is 0. The van der Waals surface area contributed by atoms with Crippen LogP contribution in [-0.4, -0.2) is 27.0 Å². The maximum atomic E-state index is 11.5. The van der Waals surface area contributed by atoms with E-state index < -0.39 is 8.32 Å². The van der Waals surface area contributed by atoms with Crippen LogP contribution in [0.3, 0.4) is 0 Å². The molecule has 4 heteroatoms. The molecule has 0 amide bonds. The third-order valence-electron chi connectivity index (χ3n) is 6.39. The van der Waals surface area contributed by atoms with E-state index in [-0.39, 0.29) is 17.1 Å². The fourth-order valence-electron chi connectivity index (χ4n) is 5.13. The highest BCUT2D eigenvalue weighted by Crippen LogP contribution is 2.42. The van der Waals surface area contributed by atoms with Crippen LogP contribution in [0.4, 0.5) is 0 Å². The average molecular weight is 395 g/mol. The Kier molecular flexibility index (Phi) is 5.19. The lowest BCUT2D eigenvalue weighted by molar-refractivity contribution is -0.141. The van der Waals surface area contributed by atoms with Gasteiger partial charge in [-0.15, -0.1) is 0 Å². The summed E-state index contributed by atoms with van der Waals surface area (Å²) in [5.74, 6) is 0.825. The van der Waals surface area contributed by atoms with Crippen molar-refractivity contribution in [2.24, 2.45) is 11.8 Å². The first-order chi connectivity index (χ1) is 13.4. The van der Waals surface area contributed by atoms with Gasteiger partial charge in [0, 0.05) is 12.5 Å². The van der Waals surface area contributed by atoms with Crippen molar-refractivity contribution in [3.05, 3.63) is 60.7 Å². The fourth-order valence-corrected chi connectivity index (χ4v) is 9.77. The maximum Gasteiger partial charge on any atom is 0.306 e. The summed E-state index contributed by atoms with van der Waals surface area (Å²) in [6, 6.07) is 21.5. The van der Waals surface area contributed by atoms with Crippen LogP contribution in [0.1, 0.15) is 40.0 Å². The van der Waals surface area contributed by atoms with Crippen molar-refractivity contribution >= 4 is 24.7 Å². The van der Waals surface area contributed by atoms with E-state index in [4.69, 9.17) is 9.16 Å². The van der Waals surface area contributed by atoms with Crippen LogP contribution >= 0.6 is 0 Å². The normalized spacial score (nSPS) is 24.8. The number of benzene rings is 2. The number of esters is 1. The fraction of sp³-hybridized carbons (Fsp3) is 0.458. The molecule has 2 aromatic rings. The van der Waals surface area contributed by atoms with Gasteiger partial charge in [0.25, 0.3) is 8.32 Å². The van der Waals surface area contributed by atoms with Crippen molar-refractivity contribution in [3.8, 4) is 0 Å². The number of ether oxygens (including phenoxy) is 1. The number of carbonyl (C=O) groups is 1. The SMILES string of the molecule is CC(C)(C)[Si](OC[C@H]1C[C@H]2CC(=O)O[C@H]2C1)(c1ccccc1)c1ccccc1. The molecule has 0 aromatic heterocycles. The van der Waals surface area contributed by atoms with Crippen molar-refractivity contribution in [2.45, 2.75) is 51.2 Å². The Morgan fingerprint density at radius 3 is 2.04 bits per heavy atom. The zero-order valence-electron chi connectivity index (χ0n) is 17.1. The Hall–Kier alpha value is -1.91. The van der Waals surface area contributed by atoms with Gasteiger partial charge < -0.3 is 9.16 Å². The Balaban J connectivity index is 1.65. The van der Waals surface area contributed by atoms with Gasteiger partial charge in [0.2, 0.25) is 0 Å². The second kappa shape index (κ2) is 7.49. The Labute approximate surface area is 169 Å². The van der Waals surface area contributed by atoms with Crippen LogP contribution in [0.2, 0.25) is 5.04 Å². The third kappa shape index (κ3) is 3.44. The molecule has 1 aliphatic carbocycles. The second-order valence-electron chi connectivity index (χ2n) is 9.30. The summed E-state index contributed by atoms with van der Waals surface area (Å²) >= 11 is 0. The van der Waals surface area contributed by atoms with Gasteiger partial charge in [0.15, 0.2) is 0 Å². The van der Waals surface area contributed by atoms with Gasteiger partial charge in [0.05, 0.1) is 6.42 Å². The Morgan fingerprint density at radius 2 is 1.54 bits per heavy atom. The summed E-state index contributed by atoms with van der Waals surface area (Å²) in [6.45, 7) is 7.66. The van der Waals surface area contributed by atoms with E-state index in [1.807, 2.05) is 0 Å². The highest BCUT2D eigenvalue weighted by atomic mass is 28.4. The van der Waals surface area contributed by atoms with Crippen LogP contribution in [-0.2, 0) is 14.0 Å². The minimum atomic E-state index is -2.47. The second-order valence-corrected chi connectivity index (χ2v) is 13.6. The van der Waals surface area contributed by atoms with Crippen molar-refractivity contribution < 1.29 is 14.0 Å². The highest BCUT2D eigenvalue weighted by Gasteiger charge is 2.51. The van der Waals surface area contributed by atoms with Crippen LogP contribution in [0.25, 0.3) is 0 Å². The van der Waals surface area contributed by atoms with E-state index in [2.05, 4.69) is 81.4 Å². The monoisotopic (exact) mass is 394 g/mol. The maximum absolute atomic E-state index is 11.5. The number of hydrogen-bond acceptors (Lipinski definition) is 3. The van der Waals surface area contributed by atoms with Crippen molar-refractivity contribution in [1.82, 2.24) is 0 Å². The standard InChI is InChI=1S/C24H30O3Si/c1-24(2,3)28(20-10-6-4-7-11-20,21-12-8-5-9-13-21)26-17-18-14-19-16-23(25)27-22(19)15-18/h4-13,18-19,22H,14-17H2,1-3H3/t18-,19-,22-/m0/s1. The molecular formula is C24H30O3Si. The lowest BCUT2D eigenvalue weighted by Crippen LogP contribution is -2.66. The summed E-state index contributed by atoms with van der Waals surface area (Å²) in [5, 5.41) is 2.63. The van der Waals surface area contributed by atoms with E-state index in [9.17, 15) is 4.79 Å². The third-order valence-corrected chi connectivity index (χ3v) is 11.4. The largest absolute Gasteiger partial charge is 0.462 e. The molecule has 3 nitrogen and oxygen atoms in total. The van der Waals surface area contributed by atoms with Crippen LogP contribution in [0.5, 0.6) is 0 Å². The lowest BCUT2D eigenvalue weighted by atomic mass is 10.0. The molecule has 0 radical (unpaired) electrons. The van der Waals surface area contributed by atoms with Gasteiger partial charge >= 0.3 is 5.97 Å². The van der Waals surface area contributed by atoms with Gasteiger partial charge in [0.1, 0.15) is 6.10 Å². The van der Waals surface area contributed by atoms with E-state index in [1.165, 1.54) is 10.4 Å². The van der Waals surface area contributed by atoms with Crippen LogP contribution < -0.4 is 10.4 Å². The Bertz CT molecular complexity index is 757. The summed E-state index contributed by atoms with van der Waals surface area (Å²) in [4.78, 5) is 11.5. The summed E-state index contributed by atoms with van der Waals surface area (Å²) < 4.78 is 12.5. The molecule has 2 aromatic carbocycles. The minimum Gasteiger partial charge on any atom is -0.462 e. The molecule has 0 unspecified atom stereocenters. The summed E-state index contributed by atoms with van der Waals surface area (Å²) in [6.07, 6.45) is 2.67. The topological polar surface area (TPSA) is 35.5 Å². The molecule has 0 bridgehead atoms. The molecule has 0 spiro atoms. The van der Waals surface area contributed by atoms with Gasteiger partial charge in [-0.25, -0.2) is 0 Å². The van der Waals surface area contributed by atoms with Crippen LogP contribution in [0, 0.1) is 11.8 Å². The average Bonchev–Trinajstić information content (AvgIpc) is 3.20. The molecule has 1 saturated carbocycles. The molecular weight excluding hydrogens is 364 g/mol. The molecule has 2 aliphatic rings. The first-order valence-corrected chi connectivity index (χ1v) is 12.3. The zero-order chi connectivity index (χ0) is 19.8. The molecule has 3 atom stereocenters. The number of rotatable bonds is 5.